The Balaban J connectivity index is 0.000000280. The van der Waals surface area contributed by atoms with E-state index in [-0.39, 0.29) is 37.7 Å². The SMILES string of the molecule is CCCCCCCCCCCCC1N(Cc2ccccc2)c2ccccc2N1S(=O)(=O)[O-].CCCCCCCCCCCCC1N(Cc2ccccc2)c2ccccc2N1S(=O)(=O)[O-].[Ca+2]. The molecule has 0 radical (unpaired) electrons. The van der Waals surface area contributed by atoms with Gasteiger partial charge in [-0.05, 0) is 61.1 Å². The van der Waals surface area contributed by atoms with Gasteiger partial charge in [-0.2, -0.15) is 0 Å². The van der Waals surface area contributed by atoms with Gasteiger partial charge in [0.1, 0.15) is 12.3 Å². The van der Waals surface area contributed by atoms with Crippen LogP contribution in [0, 0.1) is 0 Å². The summed E-state index contributed by atoms with van der Waals surface area (Å²) in [6.07, 6.45) is 24.9. The molecule has 2 aliphatic rings. The summed E-state index contributed by atoms with van der Waals surface area (Å²) in [6, 6.07) is 34.7. The average molecular weight is 955 g/mol. The van der Waals surface area contributed by atoms with E-state index in [0.717, 1.165) is 69.6 Å². The number of unbranched alkanes of at least 4 members (excludes halogenated alkanes) is 18. The molecule has 0 amide bonds. The van der Waals surface area contributed by atoms with Crippen molar-refractivity contribution in [3.63, 3.8) is 0 Å². The van der Waals surface area contributed by atoms with E-state index in [4.69, 9.17) is 0 Å². The van der Waals surface area contributed by atoms with Crippen LogP contribution in [0.2, 0.25) is 0 Å². The van der Waals surface area contributed by atoms with Gasteiger partial charge in [-0.3, -0.25) is 8.61 Å². The summed E-state index contributed by atoms with van der Waals surface area (Å²) in [6.45, 7) is 5.63. The molecule has 0 saturated heterocycles. The van der Waals surface area contributed by atoms with E-state index in [1.807, 2.05) is 84.9 Å². The zero-order valence-corrected chi connectivity index (χ0v) is 43.1. The van der Waals surface area contributed by atoms with Crippen LogP contribution in [0.1, 0.15) is 166 Å². The minimum atomic E-state index is -4.61. The predicted molar refractivity (Wildman–Crippen MR) is 269 cm³/mol. The first-order chi connectivity index (χ1) is 31.0. The number of nitrogens with zero attached hydrogens (tertiary/aromatic N) is 4. The molecule has 10 nitrogen and oxygen atoms in total. The topological polar surface area (TPSA) is 127 Å². The molecular weight excluding hydrogens is 881 g/mol. The van der Waals surface area contributed by atoms with Gasteiger partial charge >= 0.3 is 37.7 Å². The minimum absolute atomic E-state index is 0. The Hall–Kier alpha value is -2.84. The van der Waals surface area contributed by atoms with E-state index in [2.05, 4.69) is 23.6 Å². The summed E-state index contributed by atoms with van der Waals surface area (Å²) >= 11 is 0. The third-order valence-corrected chi connectivity index (χ3v) is 14.5. The second-order valence-electron chi connectivity index (χ2n) is 17.6. The Kier molecular flexibility index (Phi) is 24.5. The molecule has 0 N–H and O–H groups in total. The van der Waals surface area contributed by atoms with Crippen LogP contribution >= 0.6 is 0 Å². The molecule has 0 fully saturated rings. The van der Waals surface area contributed by atoms with E-state index >= 15 is 0 Å². The maximum Gasteiger partial charge on any atom is 2.00 e. The summed E-state index contributed by atoms with van der Waals surface area (Å²) in [5.74, 6) is 0. The van der Waals surface area contributed by atoms with Crippen LogP contribution in [0.25, 0.3) is 0 Å². The molecule has 13 heteroatoms. The summed E-state index contributed by atoms with van der Waals surface area (Å²) in [7, 11) is -9.22. The maximum absolute atomic E-state index is 12.2. The summed E-state index contributed by atoms with van der Waals surface area (Å²) in [5.41, 5.74) is 4.81. The second-order valence-corrected chi connectivity index (χ2v) is 20.1. The Morgan fingerprint density at radius 3 is 0.938 bits per heavy atom. The van der Waals surface area contributed by atoms with Gasteiger partial charge in [0.2, 0.25) is 0 Å². The Labute approximate surface area is 422 Å². The molecule has 2 heterocycles. The number of hydrogen-bond donors (Lipinski definition) is 0. The van der Waals surface area contributed by atoms with Gasteiger partial charge in [0.25, 0.3) is 0 Å². The van der Waals surface area contributed by atoms with Gasteiger partial charge in [-0.15, -0.1) is 0 Å². The Morgan fingerprint density at radius 1 is 0.385 bits per heavy atom. The van der Waals surface area contributed by atoms with E-state index < -0.39 is 32.9 Å². The van der Waals surface area contributed by atoms with Crippen LogP contribution in [0.5, 0.6) is 0 Å². The molecule has 0 aromatic heterocycles. The average Bonchev–Trinajstić information content (AvgIpc) is 3.78. The van der Waals surface area contributed by atoms with Crippen molar-refractivity contribution in [1.82, 2.24) is 0 Å². The largest absolute Gasteiger partial charge is 2.00 e. The number of benzene rings is 4. The van der Waals surface area contributed by atoms with Crippen LogP contribution < -0.4 is 18.4 Å². The zero-order chi connectivity index (χ0) is 45.6. The molecule has 0 aliphatic carbocycles. The molecule has 2 atom stereocenters. The summed E-state index contributed by atoms with van der Waals surface area (Å²) in [5, 5.41) is 0. The molecule has 4 aromatic rings. The predicted octanol–water partition coefficient (Wildman–Crippen LogP) is 12.8. The quantitative estimate of drug-likeness (QED) is 0.0313. The second kappa shape index (κ2) is 29.1. The first-order valence-electron chi connectivity index (χ1n) is 24.3. The van der Waals surface area contributed by atoms with E-state index in [1.54, 1.807) is 24.3 Å². The molecule has 6 rings (SSSR count). The number of para-hydroxylation sites is 4. The Bertz CT molecular complexity index is 2000. The third kappa shape index (κ3) is 17.3. The number of anilines is 4. The van der Waals surface area contributed by atoms with Gasteiger partial charge in [0.05, 0.1) is 22.7 Å². The molecule has 65 heavy (non-hydrogen) atoms. The molecule has 0 bridgehead atoms. The van der Waals surface area contributed by atoms with Crippen molar-refractivity contribution in [3.8, 4) is 0 Å². The fourth-order valence-corrected chi connectivity index (χ4v) is 11.2. The van der Waals surface area contributed by atoms with Crippen molar-refractivity contribution in [2.75, 3.05) is 18.4 Å². The fourth-order valence-electron chi connectivity index (χ4n) is 9.34. The first kappa shape index (κ1) is 54.8. The molecular formula is C52H74CaN4O6S2. The van der Waals surface area contributed by atoms with Crippen LogP contribution in [0.4, 0.5) is 22.7 Å². The zero-order valence-electron chi connectivity index (χ0n) is 39.3. The van der Waals surface area contributed by atoms with Crippen molar-refractivity contribution in [2.45, 2.75) is 181 Å². The van der Waals surface area contributed by atoms with Gasteiger partial charge in [-0.25, -0.2) is 16.8 Å². The fraction of sp³-hybridized carbons (Fsp3) is 0.538. The molecule has 4 aromatic carbocycles. The van der Waals surface area contributed by atoms with Gasteiger partial charge < -0.3 is 18.9 Å². The van der Waals surface area contributed by atoms with Crippen LogP contribution in [-0.2, 0) is 33.7 Å². The third-order valence-electron chi connectivity index (χ3n) is 12.6. The van der Waals surface area contributed by atoms with E-state index in [0.29, 0.717) is 37.3 Å². The normalized spacial score (nSPS) is 15.6. The summed E-state index contributed by atoms with van der Waals surface area (Å²) in [4.78, 5) is 4.15. The van der Waals surface area contributed by atoms with Crippen LogP contribution in [-0.4, -0.2) is 76.0 Å². The number of fused-ring (bicyclic) bond motifs is 2. The van der Waals surface area contributed by atoms with Crippen molar-refractivity contribution in [3.05, 3.63) is 120 Å². The minimum Gasteiger partial charge on any atom is -0.731 e. The standard InChI is InChI=1S/2C26H38N2O3S.Ca/c2*1-2-3-4-5-6-7-8-9-10-14-21-26-27(22-23-17-12-11-13-18-23)24-19-15-16-20-25(24)28(26)32(29,30)31;/h2*11-13,15-20,26H,2-10,14,21-22H2,1H3,(H,29,30,31);/q;;+2/p-2. The van der Waals surface area contributed by atoms with Crippen LogP contribution in [0.3, 0.4) is 0 Å². The number of hydrogen-bond acceptors (Lipinski definition) is 8. The first-order valence-corrected chi connectivity index (χ1v) is 27.1. The van der Waals surface area contributed by atoms with Gasteiger partial charge in [-0.1, -0.05) is 214 Å². The molecule has 0 saturated carbocycles. The monoisotopic (exact) mass is 954 g/mol. The van der Waals surface area contributed by atoms with Crippen LogP contribution in [0.15, 0.2) is 109 Å². The van der Waals surface area contributed by atoms with Crippen molar-refractivity contribution in [1.29, 1.82) is 0 Å². The van der Waals surface area contributed by atoms with E-state index in [1.165, 1.54) is 89.9 Å². The molecule has 2 aliphatic heterocycles. The Morgan fingerprint density at radius 2 is 0.646 bits per heavy atom. The summed E-state index contributed by atoms with van der Waals surface area (Å²) < 4.78 is 75.6. The van der Waals surface area contributed by atoms with Gasteiger partial charge in [0, 0.05) is 13.1 Å². The van der Waals surface area contributed by atoms with Crippen molar-refractivity contribution < 1.29 is 25.9 Å². The molecule has 2 unspecified atom stereocenters. The van der Waals surface area contributed by atoms with Crippen molar-refractivity contribution >= 4 is 81.1 Å². The number of rotatable bonds is 28. The smallest absolute Gasteiger partial charge is 0.731 e. The molecule has 0 spiro atoms. The maximum atomic E-state index is 12.2. The van der Waals surface area contributed by atoms with Crippen molar-refractivity contribution in [2.24, 2.45) is 0 Å². The van der Waals surface area contributed by atoms with E-state index in [9.17, 15) is 25.9 Å². The van der Waals surface area contributed by atoms with Gasteiger partial charge in [0.15, 0.2) is 20.6 Å². The molecule has 352 valence electrons.